The van der Waals surface area contributed by atoms with Crippen LogP contribution in [0.15, 0.2) is 24.4 Å². The molecule has 110 valence electrons. The Morgan fingerprint density at radius 1 is 1.38 bits per heavy atom. The number of carbonyl (C=O) groups excluding carboxylic acids is 1. The normalized spacial score (nSPS) is 25.3. The van der Waals surface area contributed by atoms with Crippen molar-refractivity contribution < 1.29 is 9.53 Å². The van der Waals surface area contributed by atoms with Crippen LogP contribution in [0.5, 0.6) is 0 Å². The summed E-state index contributed by atoms with van der Waals surface area (Å²) in [6, 6.07) is 5.78. The van der Waals surface area contributed by atoms with Gasteiger partial charge in [0.1, 0.15) is 5.65 Å². The van der Waals surface area contributed by atoms with Gasteiger partial charge in [0.25, 0.3) is 5.91 Å². The Morgan fingerprint density at radius 2 is 2.29 bits per heavy atom. The average molecular weight is 306 g/mol. The second-order valence-electron chi connectivity index (χ2n) is 5.59. The van der Waals surface area contributed by atoms with Crippen molar-refractivity contribution in [3.63, 3.8) is 0 Å². The molecule has 0 radical (unpaired) electrons. The number of imidazole rings is 1. The van der Waals surface area contributed by atoms with Crippen molar-refractivity contribution in [1.29, 1.82) is 0 Å². The van der Waals surface area contributed by atoms with Gasteiger partial charge in [-0.1, -0.05) is 17.7 Å². The summed E-state index contributed by atoms with van der Waals surface area (Å²) in [6.45, 7) is 1.22. The third-order valence-electron chi connectivity index (χ3n) is 4.43. The highest BCUT2D eigenvalue weighted by molar-refractivity contribution is 6.32. The lowest BCUT2D eigenvalue weighted by Crippen LogP contribution is -2.51. The van der Waals surface area contributed by atoms with Gasteiger partial charge in [-0.2, -0.15) is 0 Å². The quantitative estimate of drug-likeness (QED) is 0.812. The molecule has 2 atom stereocenters. The van der Waals surface area contributed by atoms with E-state index in [1.54, 1.807) is 4.40 Å². The molecule has 1 saturated heterocycles. The third kappa shape index (κ3) is 2.03. The molecule has 1 amide bonds. The number of rotatable bonds is 1. The van der Waals surface area contributed by atoms with Crippen LogP contribution in [0.2, 0.25) is 5.15 Å². The lowest BCUT2D eigenvalue weighted by Gasteiger charge is -2.37. The van der Waals surface area contributed by atoms with Gasteiger partial charge in [0.05, 0.1) is 18.8 Å². The van der Waals surface area contributed by atoms with Crippen LogP contribution in [0.1, 0.15) is 29.8 Å². The Hall–Kier alpha value is -1.59. The molecule has 3 heterocycles. The predicted octanol–water partition coefficient (Wildman–Crippen LogP) is 2.38. The number of fused-ring (bicyclic) bond motifs is 2. The van der Waals surface area contributed by atoms with Gasteiger partial charge in [0.15, 0.2) is 10.8 Å². The van der Waals surface area contributed by atoms with Crippen LogP contribution in [0.3, 0.4) is 0 Å². The molecule has 5 nitrogen and oxygen atoms in total. The van der Waals surface area contributed by atoms with Gasteiger partial charge in [-0.3, -0.25) is 9.20 Å². The molecular formula is C15H16ClN3O2. The number of ether oxygens (including phenoxy) is 1. The Balaban J connectivity index is 1.74. The number of hydrogen-bond donors (Lipinski definition) is 0. The van der Waals surface area contributed by atoms with Crippen molar-refractivity contribution >= 4 is 23.2 Å². The standard InChI is InChI=1S/C15H16ClN3O2/c16-14-13(19-7-2-1-6-12(19)17-14)15(20)18-8-9-21-11-5-3-4-10(11)18/h1-2,6-7,10-11H,3-5,8-9H2/t10-,11-/m1/s1. The Kier molecular flexibility index (Phi) is 3.12. The van der Waals surface area contributed by atoms with E-state index in [0.29, 0.717) is 24.5 Å². The van der Waals surface area contributed by atoms with Crippen molar-refractivity contribution in [2.24, 2.45) is 0 Å². The monoisotopic (exact) mass is 305 g/mol. The second-order valence-corrected chi connectivity index (χ2v) is 5.94. The molecule has 2 aliphatic rings. The number of morpholine rings is 1. The van der Waals surface area contributed by atoms with Gasteiger partial charge in [-0.15, -0.1) is 0 Å². The molecule has 2 aromatic rings. The third-order valence-corrected chi connectivity index (χ3v) is 4.70. The Morgan fingerprint density at radius 3 is 3.19 bits per heavy atom. The number of hydrogen-bond acceptors (Lipinski definition) is 3. The van der Waals surface area contributed by atoms with E-state index in [1.165, 1.54) is 0 Å². The molecule has 0 unspecified atom stereocenters. The van der Waals surface area contributed by atoms with Crippen LogP contribution in [-0.4, -0.2) is 45.5 Å². The van der Waals surface area contributed by atoms with Gasteiger partial charge in [0.2, 0.25) is 0 Å². The molecule has 4 rings (SSSR count). The molecule has 6 heteroatoms. The molecule has 0 N–H and O–H groups in total. The summed E-state index contributed by atoms with van der Waals surface area (Å²) in [5.41, 5.74) is 1.15. The molecule has 2 aromatic heterocycles. The molecule has 1 saturated carbocycles. The van der Waals surface area contributed by atoms with Crippen molar-refractivity contribution in [2.45, 2.75) is 31.4 Å². The van der Waals surface area contributed by atoms with Crippen molar-refractivity contribution in [1.82, 2.24) is 14.3 Å². The first-order valence-corrected chi connectivity index (χ1v) is 7.68. The van der Waals surface area contributed by atoms with Gasteiger partial charge < -0.3 is 9.64 Å². The molecule has 0 aromatic carbocycles. The first-order chi connectivity index (χ1) is 10.3. The number of amides is 1. The van der Waals surface area contributed by atoms with Crippen LogP contribution in [0.25, 0.3) is 5.65 Å². The van der Waals surface area contributed by atoms with Crippen LogP contribution < -0.4 is 0 Å². The van der Waals surface area contributed by atoms with Gasteiger partial charge in [-0.25, -0.2) is 4.98 Å². The number of carbonyl (C=O) groups is 1. The fourth-order valence-corrected chi connectivity index (χ4v) is 3.73. The molecular weight excluding hydrogens is 290 g/mol. The molecule has 0 bridgehead atoms. The lowest BCUT2D eigenvalue weighted by molar-refractivity contribution is -0.0447. The Bertz CT molecular complexity index is 699. The second kappa shape index (κ2) is 5.00. The minimum atomic E-state index is -0.0427. The lowest BCUT2D eigenvalue weighted by atomic mass is 10.1. The highest BCUT2D eigenvalue weighted by Crippen LogP contribution is 2.31. The van der Waals surface area contributed by atoms with Crippen LogP contribution >= 0.6 is 11.6 Å². The van der Waals surface area contributed by atoms with Crippen molar-refractivity contribution in [3.05, 3.63) is 35.2 Å². The maximum Gasteiger partial charge on any atom is 0.274 e. The molecule has 0 spiro atoms. The minimum Gasteiger partial charge on any atom is -0.374 e. The van der Waals surface area contributed by atoms with Crippen molar-refractivity contribution in [2.75, 3.05) is 13.2 Å². The van der Waals surface area contributed by atoms with Gasteiger partial charge >= 0.3 is 0 Å². The number of nitrogens with zero attached hydrogens (tertiary/aromatic N) is 3. The first kappa shape index (κ1) is 13.1. The highest BCUT2D eigenvalue weighted by atomic mass is 35.5. The van der Waals surface area contributed by atoms with E-state index in [4.69, 9.17) is 16.3 Å². The summed E-state index contributed by atoms with van der Waals surface area (Å²) >= 11 is 6.21. The van der Waals surface area contributed by atoms with E-state index in [2.05, 4.69) is 4.98 Å². The smallest absolute Gasteiger partial charge is 0.274 e. The topological polar surface area (TPSA) is 46.8 Å². The van der Waals surface area contributed by atoms with Crippen LogP contribution in [0, 0.1) is 0 Å². The molecule has 21 heavy (non-hydrogen) atoms. The summed E-state index contributed by atoms with van der Waals surface area (Å²) in [4.78, 5) is 19.1. The summed E-state index contributed by atoms with van der Waals surface area (Å²) in [5, 5.41) is 0.271. The largest absolute Gasteiger partial charge is 0.374 e. The highest BCUT2D eigenvalue weighted by Gasteiger charge is 2.39. The van der Waals surface area contributed by atoms with E-state index in [0.717, 1.165) is 19.3 Å². The zero-order chi connectivity index (χ0) is 14.4. The number of pyridine rings is 1. The maximum atomic E-state index is 13.0. The summed E-state index contributed by atoms with van der Waals surface area (Å²) in [6.07, 6.45) is 5.16. The SMILES string of the molecule is O=C(c1c(Cl)nc2ccccn12)N1CCO[C@@H]2CCC[C@H]21. The summed E-state index contributed by atoms with van der Waals surface area (Å²) in [7, 11) is 0. The summed E-state index contributed by atoms with van der Waals surface area (Å²) < 4.78 is 7.54. The predicted molar refractivity (Wildman–Crippen MR) is 78.6 cm³/mol. The van der Waals surface area contributed by atoms with Crippen LogP contribution in [0.4, 0.5) is 0 Å². The van der Waals surface area contributed by atoms with E-state index in [-0.39, 0.29) is 23.2 Å². The first-order valence-electron chi connectivity index (χ1n) is 7.31. The van der Waals surface area contributed by atoms with Crippen molar-refractivity contribution in [3.8, 4) is 0 Å². The zero-order valence-electron chi connectivity index (χ0n) is 11.5. The minimum absolute atomic E-state index is 0.0427. The molecule has 1 aliphatic heterocycles. The molecule has 2 fully saturated rings. The molecule has 1 aliphatic carbocycles. The van der Waals surface area contributed by atoms with E-state index in [9.17, 15) is 4.79 Å². The fourth-order valence-electron chi connectivity index (χ4n) is 3.47. The van der Waals surface area contributed by atoms with Crippen LogP contribution in [-0.2, 0) is 4.74 Å². The summed E-state index contributed by atoms with van der Waals surface area (Å²) in [5.74, 6) is -0.0427. The number of aromatic nitrogens is 2. The van der Waals surface area contributed by atoms with E-state index >= 15 is 0 Å². The maximum absolute atomic E-state index is 13.0. The average Bonchev–Trinajstić information content (AvgIpc) is 3.09. The Labute approximate surface area is 127 Å². The fraction of sp³-hybridized carbons (Fsp3) is 0.467. The van der Waals surface area contributed by atoms with E-state index in [1.807, 2.05) is 29.3 Å². The van der Waals surface area contributed by atoms with Gasteiger partial charge in [0, 0.05) is 12.7 Å². The van der Waals surface area contributed by atoms with E-state index < -0.39 is 0 Å². The van der Waals surface area contributed by atoms with Gasteiger partial charge in [-0.05, 0) is 31.4 Å². The number of halogens is 1. The zero-order valence-corrected chi connectivity index (χ0v) is 12.3.